The Labute approximate surface area is 182 Å². The van der Waals surface area contributed by atoms with Gasteiger partial charge < -0.3 is 0 Å². The van der Waals surface area contributed by atoms with Crippen molar-refractivity contribution in [3.63, 3.8) is 0 Å². The van der Waals surface area contributed by atoms with Crippen molar-refractivity contribution in [3.8, 4) is 0 Å². The average molecular weight is 397 g/mol. The summed E-state index contributed by atoms with van der Waals surface area (Å²) < 4.78 is 0. The van der Waals surface area contributed by atoms with Gasteiger partial charge in [0.15, 0.2) is 0 Å². The summed E-state index contributed by atoms with van der Waals surface area (Å²) in [7, 11) is 0. The number of aryl methyl sites for hydroxylation is 1. The first-order valence-corrected chi connectivity index (χ1v) is 10.4. The number of allylic oxidation sites excluding steroid dienone is 1. The maximum atomic E-state index is 4.39. The lowest BCUT2D eigenvalue weighted by Gasteiger charge is -1.99. The van der Waals surface area contributed by atoms with E-state index in [0.717, 1.165) is 28.9 Å². The fourth-order valence-electron chi connectivity index (χ4n) is 2.35. The molecule has 3 rings (SSSR count). The van der Waals surface area contributed by atoms with Crippen LogP contribution in [0.3, 0.4) is 0 Å². The molecule has 3 aromatic carbocycles. The van der Waals surface area contributed by atoms with E-state index < -0.39 is 0 Å². The highest BCUT2D eigenvalue weighted by atomic mass is 14.7. The largest absolute Gasteiger partial charge is 0.207 e. The van der Waals surface area contributed by atoms with Crippen LogP contribution in [0, 0.1) is 6.92 Å². The molecule has 0 radical (unpaired) electrons. The van der Waals surface area contributed by atoms with E-state index in [4.69, 9.17) is 0 Å². The van der Waals surface area contributed by atoms with Crippen molar-refractivity contribution in [2.75, 3.05) is 0 Å². The molecule has 0 N–H and O–H groups in total. The maximum Gasteiger partial charge on any atom is 0.0731 e. The first-order valence-electron chi connectivity index (χ1n) is 10.4. The Bertz CT molecular complexity index is 943. The highest BCUT2D eigenvalue weighted by molar-refractivity contribution is 5.90. The monoisotopic (exact) mass is 396 g/mol. The zero-order valence-corrected chi connectivity index (χ0v) is 18.6. The molecule has 0 saturated heterocycles. The molecule has 0 spiro atoms. The summed E-state index contributed by atoms with van der Waals surface area (Å²) in [6.07, 6.45) is 2.15. The third-order valence-corrected chi connectivity index (χ3v) is 3.79. The van der Waals surface area contributed by atoms with Crippen LogP contribution in [0.15, 0.2) is 101 Å². The van der Waals surface area contributed by atoms with Crippen molar-refractivity contribution in [2.24, 2.45) is 9.98 Å². The summed E-state index contributed by atoms with van der Waals surface area (Å²) in [5, 5.41) is 0. The van der Waals surface area contributed by atoms with Crippen LogP contribution in [0.25, 0.3) is 5.57 Å². The second kappa shape index (κ2) is 15.5. The minimum absolute atomic E-state index is 0.821. The Morgan fingerprint density at radius 1 is 0.733 bits per heavy atom. The van der Waals surface area contributed by atoms with Crippen LogP contribution in [-0.2, 0) is 0 Å². The molecule has 3 aromatic rings. The smallest absolute Gasteiger partial charge is 0.0731 e. The first kappa shape index (κ1) is 24.6. The van der Waals surface area contributed by atoms with Crippen molar-refractivity contribution < 1.29 is 0 Å². The third-order valence-electron chi connectivity index (χ3n) is 3.79. The van der Waals surface area contributed by atoms with E-state index in [-0.39, 0.29) is 0 Å². The number of rotatable bonds is 4. The molecule has 0 unspecified atom stereocenters. The van der Waals surface area contributed by atoms with Crippen molar-refractivity contribution in [1.29, 1.82) is 0 Å². The van der Waals surface area contributed by atoms with E-state index in [1.54, 1.807) is 0 Å². The highest BCUT2D eigenvalue weighted by Crippen LogP contribution is 2.19. The Morgan fingerprint density at radius 2 is 1.20 bits per heavy atom. The van der Waals surface area contributed by atoms with Crippen molar-refractivity contribution in [2.45, 2.75) is 40.5 Å². The molecule has 0 aliphatic heterocycles. The van der Waals surface area contributed by atoms with E-state index in [9.17, 15) is 0 Å². The molecule has 0 aliphatic rings. The van der Waals surface area contributed by atoms with Gasteiger partial charge in [-0.3, -0.25) is 0 Å². The number of aliphatic imine (C=N–C) groups is 2. The molecule has 0 bridgehead atoms. The van der Waals surface area contributed by atoms with Gasteiger partial charge in [0.25, 0.3) is 0 Å². The quantitative estimate of drug-likeness (QED) is 0.396. The normalized spacial score (nSPS) is 8.80. The Hall–Kier alpha value is -3.44. The predicted octanol–water partition coefficient (Wildman–Crippen LogP) is 8.38. The molecule has 2 nitrogen and oxygen atoms in total. The van der Waals surface area contributed by atoms with Gasteiger partial charge in [0.2, 0.25) is 0 Å². The Morgan fingerprint density at radius 3 is 1.60 bits per heavy atom. The SMILES string of the molecule is C=C=Nc1ccc(N=C=C(CC)c2ccccc2)cc1.CCC.Cc1ccccc1. The molecule has 0 amide bonds. The molecule has 30 heavy (non-hydrogen) atoms. The summed E-state index contributed by atoms with van der Waals surface area (Å²) >= 11 is 0. The maximum absolute atomic E-state index is 4.39. The Balaban J connectivity index is 0.000000372. The summed E-state index contributed by atoms with van der Waals surface area (Å²) in [6, 6.07) is 28.0. The minimum Gasteiger partial charge on any atom is -0.207 e. The number of benzene rings is 3. The third kappa shape index (κ3) is 10.2. The summed E-state index contributed by atoms with van der Waals surface area (Å²) in [5.74, 6) is 5.65. The highest BCUT2D eigenvalue weighted by Gasteiger charge is 1.97. The number of nitrogens with zero attached hydrogens (tertiary/aromatic N) is 2. The zero-order chi connectivity index (χ0) is 22.0. The van der Waals surface area contributed by atoms with Gasteiger partial charge in [0.05, 0.1) is 11.4 Å². The molecule has 0 fully saturated rings. The fourth-order valence-corrected chi connectivity index (χ4v) is 2.35. The zero-order valence-electron chi connectivity index (χ0n) is 18.6. The van der Waals surface area contributed by atoms with Crippen molar-refractivity contribution in [3.05, 3.63) is 103 Å². The summed E-state index contributed by atoms with van der Waals surface area (Å²) in [5.41, 5.74) is 5.25. The molecule has 0 saturated carbocycles. The average Bonchev–Trinajstić information content (AvgIpc) is 2.78. The molecule has 0 heterocycles. The van der Waals surface area contributed by atoms with E-state index in [2.05, 4.69) is 80.3 Å². The van der Waals surface area contributed by atoms with Crippen LogP contribution in [-0.4, -0.2) is 11.7 Å². The second-order valence-corrected chi connectivity index (χ2v) is 6.57. The minimum atomic E-state index is 0.821. The number of hydrogen-bond donors (Lipinski definition) is 0. The van der Waals surface area contributed by atoms with E-state index in [1.165, 1.54) is 12.0 Å². The van der Waals surface area contributed by atoms with E-state index >= 15 is 0 Å². The molecule has 0 aliphatic carbocycles. The molecule has 0 aromatic heterocycles. The lowest BCUT2D eigenvalue weighted by atomic mass is 10.1. The van der Waals surface area contributed by atoms with Gasteiger partial charge >= 0.3 is 0 Å². The standard InChI is InChI=1S/C18H16N2.C7H8.C3H8/c1-3-15(16-8-6-5-7-9-16)14-20-18-12-10-17(11-13-18)19-4-2;1-7-5-3-2-4-6-7;1-3-2/h5-13H,2-3H2,1H3;2-6H,1H3;3H2,1-2H3. The van der Waals surface area contributed by atoms with Crippen LogP contribution in [0.2, 0.25) is 0 Å². The molecule has 2 heteroatoms. The van der Waals surface area contributed by atoms with Gasteiger partial charge in [-0.15, -0.1) is 0 Å². The van der Waals surface area contributed by atoms with Crippen molar-refractivity contribution >= 4 is 28.7 Å². The number of hydrogen-bond acceptors (Lipinski definition) is 2. The van der Waals surface area contributed by atoms with Gasteiger partial charge in [0, 0.05) is 5.57 Å². The lowest BCUT2D eigenvalue weighted by Crippen LogP contribution is -1.82. The molecular formula is C28H32N2. The molecular weight excluding hydrogens is 364 g/mol. The summed E-state index contributed by atoms with van der Waals surface area (Å²) in [4.78, 5) is 8.37. The van der Waals surface area contributed by atoms with Crippen LogP contribution < -0.4 is 0 Å². The van der Waals surface area contributed by atoms with Crippen LogP contribution in [0.1, 0.15) is 44.7 Å². The summed E-state index contributed by atoms with van der Waals surface area (Å²) in [6.45, 7) is 11.9. The Kier molecular flexibility index (Phi) is 12.7. The van der Waals surface area contributed by atoms with Crippen molar-refractivity contribution in [1.82, 2.24) is 0 Å². The molecule has 0 atom stereocenters. The molecule has 154 valence electrons. The van der Waals surface area contributed by atoms with Gasteiger partial charge in [-0.1, -0.05) is 93.4 Å². The van der Waals surface area contributed by atoms with Gasteiger partial charge in [-0.25, -0.2) is 9.98 Å². The van der Waals surface area contributed by atoms with Crippen LogP contribution in [0.4, 0.5) is 11.4 Å². The predicted molar refractivity (Wildman–Crippen MR) is 134 cm³/mol. The van der Waals surface area contributed by atoms with E-state index in [1.807, 2.05) is 60.7 Å². The first-order chi connectivity index (χ1) is 14.6. The second-order valence-electron chi connectivity index (χ2n) is 6.57. The van der Waals surface area contributed by atoms with Gasteiger partial charge in [-0.2, -0.15) is 0 Å². The van der Waals surface area contributed by atoms with E-state index in [0.29, 0.717) is 0 Å². The van der Waals surface area contributed by atoms with Gasteiger partial charge in [0.1, 0.15) is 0 Å². The lowest BCUT2D eigenvalue weighted by molar-refractivity contribution is 1.09. The van der Waals surface area contributed by atoms with Gasteiger partial charge in [-0.05, 0) is 61.5 Å². The van der Waals surface area contributed by atoms with Crippen LogP contribution >= 0.6 is 0 Å². The fraction of sp³-hybridized carbons (Fsp3) is 0.214. The topological polar surface area (TPSA) is 24.7 Å². The van der Waals surface area contributed by atoms with Crippen LogP contribution in [0.5, 0.6) is 0 Å².